The van der Waals surface area contributed by atoms with Gasteiger partial charge in [-0.05, 0) is 32.3 Å². The first kappa shape index (κ1) is 15.0. The van der Waals surface area contributed by atoms with Crippen molar-refractivity contribution in [3.8, 4) is 0 Å². The van der Waals surface area contributed by atoms with Crippen molar-refractivity contribution < 1.29 is 14.3 Å². The maximum Gasteiger partial charge on any atom is 0.341 e. The lowest BCUT2D eigenvalue weighted by molar-refractivity contribution is -0.115. The lowest BCUT2D eigenvalue weighted by Gasteiger charge is -2.06. The smallest absolute Gasteiger partial charge is 0.341 e. The Morgan fingerprint density at radius 1 is 1.40 bits per heavy atom. The molecule has 2 rings (SSSR count). The number of esters is 1. The van der Waals surface area contributed by atoms with Gasteiger partial charge in [0.2, 0.25) is 5.91 Å². The monoisotopic (exact) mass is 296 g/mol. The molecule has 1 saturated carbocycles. The fourth-order valence-corrected chi connectivity index (χ4v) is 2.77. The van der Waals surface area contributed by atoms with Crippen molar-refractivity contribution in [1.29, 1.82) is 0 Å². The molecule has 0 atom stereocenters. The predicted octanol–water partition coefficient (Wildman–Crippen LogP) is 2.18. The molecule has 6 heteroatoms. The molecule has 0 saturated heterocycles. The summed E-state index contributed by atoms with van der Waals surface area (Å²) in [6.45, 7) is 4.39. The largest absolute Gasteiger partial charge is 0.462 e. The van der Waals surface area contributed by atoms with Crippen LogP contribution < -0.4 is 10.6 Å². The molecule has 20 heavy (non-hydrogen) atoms. The highest BCUT2D eigenvalue weighted by molar-refractivity contribution is 7.16. The summed E-state index contributed by atoms with van der Waals surface area (Å²) in [6.07, 6.45) is 3.11. The zero-order valence-corrected chi connectivity index (χ0v) is 12.6. The minimum Gasteiger partial charge on any atom is -0.462 e. The number of hydrogen-bond acceptors (Lipinski definition) is 5. The topological polar surface area (TPSA) is 67.4 Å². The summed E-state index contributed by atoms with van der Waals surface area (Å²) in [5, 5.41) is 6.54. The maximum absolute atomic E-state index is 11.9. The van der Waals surface area contributed by atoms with Crippen LogP contribution in [0, 0.1) is 0 Å². The highest BCUT2D eigenvalue weighted by Gasteiger charge is 2.22. The van der Waals surface area contributed by atoms with E-state index in [0.29, 0.717) is 23.2 Å². The van der Waals surface area contributed by atoms with E-state index >= 15 is 0 Å². The zero-order valence-electron chi connectivity index (χ0n) is 11.8. The molecular weight excluding hydrogens is 276 g/mol. The third kappa shape index (κ3) is 4.05. The highest BCUT2D eigenvalue weighted by atomic mass is 32.1. The van der Waals surface area contributed by atoms with Crippen molar-refractivity contribution in [3.05, 3.63) is 16.5 Å². The molecule has 5 nitrogen and oxygen atoms in total. The van der Waals surface area contributed by atoms with Gasteiger partial charge < -0.3 is 15.4 Å². The Kier molecular flexibility index (Phi) is 5.14. The molecule has 110 valence electrons. The third-order valence-corrected chi connectivity index (χ3v) is 4.20. The van der Waals surface area contributed by atoms with Gasteiger partial charge >= 0.3 is 5.97 Å². The Balaban J connectivity index is 2.01. The highest BCUT2D eigenvalue weighted by Crippen LogP contribution is 2.29. The first-order valence-electron chi connectivity index (χ1n) is 6.97. The molecule has 0 unspecified atom stereocenters. The molecular formula is C14H20N2O3S. The maximum atomic E-state index is 11.9. The molecule has 0 spiro atoms. The minimum atomic E-state index is -0.381. The summed E-state index contributed by atoms with van der Waals surface area (Å²) in [5.74, 6) is -0.499. The van der Waals surface area contributed by atoms with Gasteiger partial charge in [0.15, 0.2) is 0 Å². The van der Waals surface area contributed by atoms with Crippen LogP contribution in [0.15, 0.2) is 6.07 Å². The first-order chi connectivity index (χ1) is 9.63. The fraction of sp³-hybridized carbons (Fsp3) is 0.571. The molecule has 2 N–H and O–H groups in total. The zero-order chi connectivity index (χ0) is 14.5. The van der Waals surface area contributed by atoms with Gasteiger partial charge in [0, 0.05) is 10.9 Å². The van der Waals surface area contributed by atoms with E-state index in [2.05, 4.69) is 10.6 Å². The number of nitrogens with one attached hydrogen (secondary N) is 2. The first-order valence-corrected chi connectivity index (χ1v) is 7.78. The van der Waals surface area contributed by atoms with E-state index < -0.39 is 0 Å². The van der Waals surface area contributed by atoms with Gasteiger partial charge in [-0.1, -0.05) is 6.92 Å². The van der Waals surface area contributed by atoms with Gasteiger partial charge in [-0.15, -0.1) is 11.3 Å². The Morgan fingerprint density at radius 2 is 2.15 bits per heavy atom. The molecule has 1 amide bonds. The molecule has 1 aromatic rings. The van der Waals surface area contributed by atoms with E-state index in [4.69, 9.17) is 4.74 Å². The van der Waals surface area contributed by atoms with Gasteiger partial charge in [-0.3, -0.25) is 4.79 Å². The standard InChI is InChI=1S/C14H20N2O3S/c1-3-10-7-11(14(18)19-4-2)13(20-10)16-12(17)8-15-9-5-6-9/h7,9,15H,3-6,8H2,1-2H3,(H,16,17). The summed E-state index contributed by atoms with van der Waals surface area (Å²) in [7, 11) is 0. The van der Waals surface area contributed by atoms with Gasteiger partial charge in [0.25, 0.3) is 0 Å². The van der Waals surface area contributed by atoms with Crippen LogP contribution in [-0.2, 0) is 16.0 Å². The average Bonchev–Trinajstić information content (AvgIpc) is 3.17. The normalized spacial score (nSPS) is 14.1. The Hall–Kier alpha value is -1.40. The number of rotatable bonds is 7. The van der Waals surface area contributed by atoms with Gasteiger partial charge in [0.1, 0.15) is 5.00 Å². The number of carbonyl (C=O) groups is 2. The van der Waals surface area contributed by atoms with E-state index in [-0.39, 0.29) is 18.4 Å². The number of ether oxygens (including phenoxy) is 1. The van der Waals surface area contributed by atoms with Crippen LogP contribution in [0.25, 0.3) is 0 Å². The van der Waals surface area contributed by atoms with Crippen LogP contribution in [0.2, 0.25) is 0 Å². The van der Waals surface area contributed by atoms with Crippen LogP contribution in [-0.4, -0.2) is 31.1 Å². The quantitative estimate of drug-likeness (QED) is 0.757. The SMILES string of the molecule is CCOC(=O)c1cc(CC)sc1NC(=O)CNC1CC1. The minimum absolute atomic E-state index is 0.119. The van der Waals surface area contributed by atoms with Crippen LogP contribution in [0.4, 0.5) is 5.00 Å². The molecule has 1 aliphatic rings. The van der Waals surface area contributed by atoms with E-state index in [1.165, 1.54) is 11.3 Å². The van der Waals surface area contributed by atoms with Gasteiger partial charge in [-0.25, -0.2) is 4.79 Å². The molecule has 1 fully saturated rings. The predicted molar refractivity (Wildman–Crippen MR) is 79.3 cm³/mol. The number of thiophene rings is 1. The van der Waals surface area contributed by atoms with Crippen molar-refractivity contribution in [2.24, 2.45) is 0 Å². The Labute approximate surface area is 122 Å². The van der Waals surface area contributed by atoms with Crippen molar-refractivity contribution in [2.75, 3.05) is 18.5 Å². The van der Waals surface area contributed by atoms with Crippen molar-refractivity contribution in [2.45, 2.75) is 39.2 Å². The average molecular weight is 296 g/mol. The second-order valence-electron chi connectivity index (χ2n) is 4.73. The summed E-state index contributed by atoms with van der Waals surface area (Å²) >= 11 is 1.43. The van der Waals surface area contributed by atoms with Crippen LogP contribution >= 0.6 is 11.3 Å². The summed E-state index contributed by atoms with van der Waals surface area (Å²) < 4.78 is 5.02. The van der Waals surface area contributed by atoms with Crippen molar-refractivity contribution in [1.82, 2.24) is 5.32 Å². The molecule has 0 aromatic carbocycles. The van der Waals surface area contributed by atoms with E-state index in [9.17, 15) is 9.59 Å². The number of hydrogen-bond donors (Lipinski definition) is 2. The molecule has 1 heterocycles. The van der Waals surface area contributed by atoms with E-state index in [1.807, 2.05) is 6.92 Å². The molecule has 0 bridgehead atoms. The number of aryl methyl sites for hydroxylation is 1. The van der Waals surface area contributed by atoms with E-state index in [1.54, 1.807) is 13.0 Å². The van der Waals surface area contributed by atoms with Gasteiger partial charge in [-0.2, -0.15) is 0 Å². The van der Waals surface area contributed by atoms with Crippen molar-refractivity contribution in [3.63, 3.8) is 0 Å². The van der Waals surface area contributed by atoms with Crippen LogP contribution in [0.1, 0.15) is 41.9 Å². The number of anilines is 1. The lowest BCUT2D eigenvalue weighted by Crippen LogP contribution is -2.29. The summed E-state index contributed by atoms with van der Waals surface area (Å²) in [5.41, 5.74) is 0.452. The van der Waals surface area contributed by atoms with E-state index in [0.717, 1.165) is 24.1 Å². The summed E-state index contributed by atoms with van der Waals surface area (Å²) in [6, 6.07) is 2.28. The van der Waals surface area contributed by atoms with Crippen LogP contribution in [0.5, 0.6) is 0 Å². The molecule has 0 radical (unpaired) electrons. The third-order valence-electron chi connectivity index (χ3n) is 3.01. The number of amides is 1. The molecule has 0 aliphatic heterocycles. The molecule has 1 aromatic heterocycles. The molecule has 1 aliphatic carbocycles. The second-order valence-corrected chi connectivity index (χ2v) is 5.87. The van der Waals surface area contributed by atoms with Gasteiger partial charge in [0.05, 0.1) is 18.7 Å². The Bertz CT molecular complexity index is 495. The fourth-order valence-electron chi connectivity index (χ4n) is 1.76. The second kappa shape index (κ2) is 6.85. The lowest BCUT2D eigenvalue weighted by atomic mass is 10.2. The van der Waals surface area contributed by atoms with Crippen LogP contribution in [0.3, 0.4) is 0 Å². The van der Waals surface area contributed by atoms with Crippen molar-refractivity contribution >= 4 is 28.2 Å². The number of carbonyl (C=O) groups excluding carboxylic acids is 2. The summed E-state index contributed by atoms with van der Waals surface area (Å²) in [4.78, 5) is 24.8. The Morgan fingerprint density at radius 3 is 2.75 bits per heavy atom.